The van der Waals surface area contributed by atoms with Gasteiger partial charge in [-0.3, -0.25) is 14.9 Å². The molecular weight excluding hydrogens is 314 g/mol. The monoisotopic (exact) mass is 327 g/mol. The van der Waals surface area contributed by atoms with Gasteiger partial charge < -0.3 is 10.6 Å². The number of nitrogens with one attached hydrogen (secondary N) is 2. The van der Waals surface area contributed by atoms with Crippen molar-refractivity contribution in [3.8, 4) is 0 Å². The first-order valence-electron chi connectivity index (χ1n) is 6.03. The SMILES string of the molecule is O=C(CCNc1ccc(Br)cc1[N+](=O)[O-])NC1CC1. The van der Waals surface area contributed by atoms with Gasteiger partial charge in [0.1, 0.15) is 5.69 Å². The predicted octanol–water partition coefficient (Wildman–Crippen LogP) is 2.44. The largest absolute Gasteiger partial charge is 0.379 e. The maximum Gasteiger partial charge on any atom is 0.293 e. The summed E-state index contributed by atoms with van der Waals surface area (Å²) in [4.78, 5) is 21.9. The van der Waals surface area contributed by atoms with E-state index in [1.54, 1.807) is 12.1 Å². The number of amides is 1. The van der Waals surface area contributed by atoms with Crippen LogP contribution >= 0.6 is 15.9 Å². The Morgan fingerprint density at radius 3 is 2.84 bits per heavy atom. The normalized spacial score (nSPS) is 13.9. The first-order valence-corrected chi connectivity index (χ1v) is 6.83. The maximum absolute atomic E-state index is 11.5. The number of nitro benzene ring substituents is 1. The molecule has 2 N–H and O–H groups in total. The summed E-state index contributed by atoms with van der Waals surface area (Å²) in [5, 5.41) is 16.7. The molecule has 2 rings (SSSR count). The summed E-state index contributed by atoms with van der Waals surface area (Å²) < 4.78 is 0.649. The molecule has 1 aliphatic carbocycles. The Bertz CT molecular complexity index is 503. The van der Waals surface area contributed by atoms with Crippen LogP contribution in [-0.4, -0.2) is 23.4 Å². The second-order valence-electron chi connectivity index (χ2n) is 4.44. The fourth-order valence-corrected chi connectivity index (χ4v) is 1.99. The van der Waals surface area contributed by atoms with Crippen molar-refractivity contribution in [2.24, 2.45) is 0 Å². The number of hydrogen-bond acceptors (Lipinski definition) is 4. The van der Waals surface area contributed by atoms with Crippen LogP contribution in [0, 0.1) is 10.1 Å². The molecule has 6 nitrogen and oxygen atoms in total. The molecule has 7 heteroatoms. The van der Waals surface area contributed by atoms with Crippen LogP contribution in [0.2, 0.25) is 0 Å². The molecular formula is C12H14BrN3O3. The van der Waals surface area contributed by atoms with E-state index in [9.17, 15) is 14.9 Å². The highest BCUT2D eigenvalue weighted by Crippen LogP contribution is 2.27. The van der Waals surface area contributed by atoms with E-state index in [1.807, 2.05) is 0 Å². The molecule has 0 spiro atoms. The van der Waals surface area contributed by atoms with E-state index in [4.69, 9.17) is 0 Å². The number of benzene rings is 1. The van der Waals surface area contributed by atoms with Gasteiger partial charge in [0, 0.05) is 29.5 Å². The van der Waals surface area contributed by atoms with Gasteiger partial charge in [-0.1, -0.05) is 15.9 Å². The van der Waals surface area contributed by atoms with Crippen LogP contribution in [0.1, 0.15) is 19.3 Å². The van der Waals surface area contributed by atoms with E-state index in [0.717, 1.165) is 12.8 Å². The molecule has 1 saturated carbocycles. The molecule has 19 heavy (non-hydrogen) atoms. The van der Waals surface area contributed by atoms with E-state index in [-0.39, 0.29) is 11.6 Å². The lowest BCUT2D eigenvalue weighted by molar-refractivity contribution is -0.384. The molecule has 0 heterocycles. The van der Waals surface area contributed by atoms with Crippen LogP contribution in [0.5, 0.6) is 0 Å². The minimum absolute atomic E-state index is 0.00280. The molecule has 0 aromatic heterocycles. The van der Waals surface area contributed by atoms with Gasteiger partial charge in [-0.25, -0.2) is 0 Å². The topological polar surface area (TPSA) is 84.3 Å². The Balaban J connectivity index is 1.87. The Labute approximate surface area is 118 Å². The molecule has 0 bridgehead atoms. The van der Waals surface area contributed by atoms with Crippen LogP contribution in [0.4, 0.5) is 11.4 Å². The lowest BCUT2D eigenvalue weighted by atomic mass is 10.2. The number of carbonyl (C=O) groups is 1. The number of anilines is 1. The number of halogens is 1. The lowest BCUT2D eigenvalue weighted by Gasteiger charge is -2.07. The zero-order valence-corrected chi connectivity index (χ0v) is 11.8. The third-order valence-electron chi connectivity index (χ3n) is 2.77. The van der Waals surface area contributed by atoms with E-state index < -0.39 is 4.92 Å². The van der Waals surface area contributed by atoms with E-state index in [1.165, 1.54) is 6.07 Å². The fourth-order valence-electron chi connectivity index (χ4n) is 1.64. The lowest BCUT2D eigenvalue weighted by Crippen LogP contribution is -2.27. The second-order valence-corrected chi connectivity index (χ2v) is 5.35. The third kappa shape index (κ3) is 4.20. The van der Waals surface area contributed by atoms with Crippen molar-refractivity contribution in [2.75, 3.05) is 11.9 Å². The first-order chi connectivity index (χ1) is 9.06. The standard InChI is InChI=1S/C12H14BrN3O3/c13-8-1-4-10(11(7-8)16(18)19)14-6-5-12(17)15-9-2-3-9/h1,4,7,9,14H,2-3,5-6H2,(H,15,17). The van der Waals surface area contributed by atoms with Gasteiger partial charge in [0.15, 0.2) is 0 Å². The number of nitro groups is 1. The first kappa shape index (κ1) is 13.8. The molecule has 1 aromatic rings. The van der Waals surface area contributed by atoms with Gasteiger partial charge >= 0.3 is 0 Å². The summed E-state index contributed by atoms with van der Waals surface area (Å²) in [5.74, 6) is -0.0187. The van der Waals surface area contributed by atoms with Gasteiger partial charge in [-0.05, 0) is 25.0 Å². The van der Waals surface area contributed by atoms with Crippen LogP contribution in [0.25, 0.3) is 0 Å². The van der Waals surface area contributed by atoms with Crippen molar-refractivity contribution in [3.63, 3.8) is 0 Å². The minimum atomic E-state index is -0.447. The summed E-state index contributed by atoms with van der Waals surface area (Å²) in [6, 6.07) is 5.13. The molecule has 1 aromatic carbocycles. The van der Waals surface area contributed by atoms with Gasteiger partial charge in [-0.15, -0.1) is 0 Å². The van der Waals surface area contributed by atoms with Gasteiger partial charge in [-0.2, -0.15) is 0 Å². The fraction of sp³-hybridized carbons (Fsp3) is 0.417. The van der Waals surface area contributed by atoms with Gasteiger partial charge in [0.2, 0.25) is 5.91 Å². The minimum Gasteiger partial charge on any atom is -0.379 e. The second kappa shape index (κ2) is 6.01. The highest BCUT2D eigenvalue weighted by Gasteiger charge is 2.22. The molecule has 0 atom stereocenters. The molecule has 0 radical (unpaired) electrons. The van der Waals surface area contributed by atoms with Crippen molar-refractivity contribution >= 4 is 33.2 Å². The van der Waals surface area contributed by atoms with E-state index in [2.05, 4.69) is 26.6 Å². The maximum atomic E-state index is 11.5. The highest BCUT2D eigenvalue weighted by molar-refractivity contribution is 9.10. The molecule has 1 amide bonds. The molecule has 0 unspecified atom stereocenters. The third-order valence-corrected chi connectivity index (χ3v) is 3.26. The molecule has 1 fully saturated rings. The molecule has 0 saturated heterocycles. The number of rotatable bonds is 6. The molecule has 102 valence electrons. The van der Waals surface area contributed by atoms with Crippen molar-refractivity contribution in [2.45, 2.75) is 25.3 Å². The molecule has 0 aliphatic heterocycles. The predicted molar refractivity (Wildman–Crippen MR) is 75.1 cm³/mol. The smallest absolute Gasteiger partial charge is 0.293 e. The number of carbonyl (C=O) groups excluding carboxylic acids is 1. The summed E-state index contributed by atoms with van der Waals surface area (Å²) in [6.07, 6.45) is 2.42. The average molecular weight is 328 g/mol. The van der Waals surface area contributed by atoms with Crippen LogP contribution in [0.3, 0.4) is 0 Å². The summed E-state index contributed by atoms with van der Waals surface area (Å²) in [7, 11) is 0. The Hall–Kier alpha value is -1.63. The van der Waals surface area contributed by atoms with Gasteiger partial charge in [0.05, 0.1) is 4.92 Å². The average Bonchev–Trinajstić information content (AvgIpc) is 3.14. The quantitative estimate of drug-likeness (QED) is 0.620. The zero-order chi connectivity index (χ0) is 13.8. The highest BCUT2D eigenvalue weighted by atomic mass is 79.9. The Kier molecular flexibility index (Phi) is 4.36. The van der Waals surface area contributed by atoms with Crippen LogP contribution in [-0.2, 0) is 4.79 Å². The Morgan fingerprint density at radius 2 is 2.21 bits per heavy atom. The molecule has 1 aliphatic rings. The van der Waals surface area contributed by atoms with Crippen molar-refractivity contribution < 1.29 is 9.72 Å². The van der Waals surface area contributed by atoms with Gasteiger partial charge in [0.25, 0.3) is 5.69 Å². The van der Waals surface area contributed by atoms with Crippen molar-refractivity contribution in [3.05, 3.63) is 32.8 Å². The zero-order valence-electron chi connectivity index (χ0n) is 10.2. The number of nitrogens with zero attached hydrogens (tertiary/aromatic N) is 1. The summed E-state index contributed by atoms with van der Waals surface area (Å²) in [5.41, 5.74) is 0.421. The summed E-state index contributed by atoms with van der Waals surface area (Å²) in [6.45, 7) is 0.376. The van der Waals surface area contributed by atoms with E-state index >= 15 is 0 Å². The Morgan fingerprint density at radius 1 is 1.47 bits per heavy atom. The van der Waals surface area contributed by atoms with Crippen molar-refractivity contribution in [1.82, 2.24) is 5.32 Å². The van der Waals surface area contributed by atoms with Crippen molar-refractivity contribution in [1.29, 1.82) is 0 Å². The van der Waals surface area contributed by atoms with E-state index in [0.29, 0.717) is 29.2 Å². The van der Waals surface area contributed by atoms with Crippen LogP contribution in [0.15, 0.2) is 22.7 Å². The summed E-state index contributed by atoms with van der Waals surface area (Å²) >= 11 is 3.19. The number of hydrogen-bond donors (Lipinski definition) is 2. The van der Waals surface area contributed by atoms with Crippen LogP contribution < -0.4 is 10.6 Å².